The average Bonchev–Trinajstić information content (AvgIpc) is 3.05. The summed E-state index contributed by atoms with van der Waals surface area (Å²) in [7, 11) is 1.34. The third-order valence-electron chi connectivity index (χ3n) is 4.13. The smallest absolute Gasteiger partial charge is 0.351 e. The number of hydrogen-bond acceptors (Lipinski definition) is 5. The molecule has 6 nitrogen and oxygen atoms in total. The molecule has 0 saturated heterocycles. The summed E-state index contributed by atoms with van der Waals surface area (Å²) in [4.78, 5) is 24.7. The van der Waals surface area contributed by atoms with Gasteiger partial charge in [0.25, 0.3) is 0 Å². The van der Waals surface area contributed by atoms with Gasteiger partial charge in [-0.15, -0.1) is 11.3 Å². The number of methoxy groups -OCH3 is 1. The summed E-state index contributed by atoms with van der Waals surface area (Å²) >= 11 is 1.30. The number of carbonyl (C=O) groups is 2. The molecule has 2 N–H and O–H groups in total. The van der Waals surface area contributed by atoms with Crippen LogP contribution in [0.3, 0.4) is 0 Å². The predicted octanol–water partition coefficient (Wildman–Crippen LogP) is 4.72. The van der Waals surface area contributed by atoms with E-state index >= 15 is 0 Å². The van der Waals surface area contributed by atoms with E-state index in [4.69, 9.17) is 9.47 Å². The zero-order valence-corrected chi connectivity index (χ0v) is 16.8. The molecule has 0 radical (unpaired) electrons. The number of esters is 1. The maximum Gasteiger partial charge on any atom is 0.351 e. The first-order valence-electron chi connectivity index (χ1n) is 8.90. The van der Waals surface area contributed by atoms with Crippen LogP contribution in [0.25, 0.3) is 10.1 Å². The van der Waals surface area contributed by atoms with Crippen molar-refractivity contribution in [3.05, 3.63) is 58.5 Å². The van der Waals surface area contributed by atoms with Crippen LogP contribution >= 0.6 is 11.3 Å². The quantitative estimate of drug-likeness (QED) is 0.589. The molecule has 7 heteroatoms. The number of aryl methyl sites for hydroxylation is 1. The molecular weight excluding hydrogens is 376 g/mol. The largest absolute Gasteiger partial charge is 0.491 e. The molecule has 0 aliphatic rings. The lowest BCUT2D eigenvalue weighted by Crippen LogP contribution is -2.28. The van der Waals surface area contributed by atoms with Crippen molar-refractivity contribution in [2.24, 2.45) is 0 Å². The highest BCUT2D eigenvalue weighted by Crippen LogP contribution is 2.39. The number of amides is 2. The van der Waals surface area contributed by atoms with Crippen molar-refractivity contribution in [3.8, 4) is 5.75 Å². The van der Waals surface area contributed by atoms with Gasteiger partial charge >= 0.3 is 12.0 Å². The number of nitrogens with one attached hydrogen (secondary N) is 2. The Morgan fingerprint density at radius 3 is 2.54 bits per heavy atom. The second-order valence-corrected chi connectivity index (χ2v) is 7.24. The number of urea groups is 1. The van der Waals surface area contributed by atoms with E-state index in [1.807, 2.05) is 44.2 Å². The van der Waals surface area contributed by atoms with Gasteiger partial charge in [0.1, 0.15) is 0 Å². The fourth-order valence-electron chi connectivity index (χ4n) is 2.73. The van der Waals surface area contributed by atoms with E-state index in [0.29, 0.717) is 29.5 Å². The molecule has 1 heterocycles. The molecule has 3 aromatic rings. The summed E-state index contributed by atoms with van der Waals surface area (Å²) in [5.41, 5.74) is 2.81. The molecule has 1 aromatic heterocycles. The van der Waals surface area contributed by atoms with Crippen molar-refractivity contribution in [2.45, 2.75) is 20.4 Å². The van der Waals surface area contributed by atoms with E-state index in [0.717, 1.165) is 15.6 Å². The van der Waals surface area contributed by atoms with Crippen LogP contribution in [0.1, 0.15) is 27.7 Å². The van der Waals surface area contributed by atoms with E-state index in [9.17, 15) is 9.59 Å². The molecule has 0 bridgehead atoms. The van der Waals surface area contributed by atoms with Crippen LogP contribution in [-0.4, -0.2) is 25.7 Å². The summed E-state index contributed by atoms with van der Waals surface area (Å²) in [6.45, 7) is 4.73. The second-order valence-electron chi connectivity index (χ2n) is 6.19. The van der Waals surface area contributed by atoms with Crippen LogP contribution in [0.2, 0.25) is 0 Å². The Morgan fingerprint density at radius 1 is 1.11 bits per heavy atom. The summed E-state index contributed by atoms with van der Waals surface area (Å²) in [6, 6.07) is 13.1. The third kappa shape index (κ3) is 4.43. The normalized spacial score (nSPS) is 10.5. The lowest BCUT2D eigenvalue weighted by Gasteiger charge is -2.09. The lowest BCUT2D eigenvalue weighted by atomic mass is 10.1. The summed E-state index contributed by atoms with van der Waals surface area (Å²) in [5, 5.41) is 6.42. The predicted molar refractivity (Wildman–Crippen MR) is 111 cm³/mol. The Bertz CT molecular complexity index is 996. The van der Waals surface area contributed by atoms with E-state index in [1.54, 1.807) is 12.1 Å². The van der Waals surface area contributed by atoms with Crippen molar-refractivity contribution < 1.29 is 19.1 Å². The van der Waals surface area contributed by atoms with Gasteiger partial charge in [0.15, 0.2) is 10.6 Å². The molecule has 0 saturated carbocycles. The maximum absolute atomic E-state index is 12.2. The summed E-state index contributed by atoms with van der Waals surface area (Å²) in [6.07, 6.45) is 0. The highest BCUT2D eigenvalue weighted by molar-refractivity contribution is 7.21. The lowest BCUT2D eigenvalue weighted by molar-refractivity contribution is 0.0602. The number of anilines is 1. The molecule has 0 spiro atoms. The van der Waals surface area contributed by atoms with Crippen molar-refractivity contribution >= 4 is 39.1 Å². The van der Waals surface area contributed by atoms with Crippen LogP contribution in [-0.2, 0) is 11.3 Å². The molecule has 2 aromatic carbocycles. The zero-order chi connectivity index (χ0) is 20.1. The Balaban J connectivity index is 1.75. The summed E-state index contributed by atoms with van der Waals surface area (Å²) < 4.78 is 11.4. The minimum atomic E-state index is -0.435. The Morgan fingerprint density at radius 2 is 1.86 bits per heavy atom. The fraction of sp³-hybridized carbons (Fsp3) is 0.238. The van der Waals surface area contributed by atoms with E-state index in [-0.39, 0.29) is 6.03 Å². The van der Waals surface area contributed by atoms with Gasteiger partial charge in [-0.1, -0.05) is 29.8 Å². The molecular formula is C21H22N2O4S. The minimum Gasteiger partial charge on any atom is -0.491 e. The van der Waals surface area contributed by atoms with E-state index < -0.39 is 5.97 Å². The Hall–Kier alpha value is -3.06. The van der Waals surface area contributed by atoms with Crippen molar-refractivity contribution in [1.82, 2.24) is 5.32 Å². The first-order chi connectivity index (χ1) is 13.5. The van der Waals surface area contributed by atoms with Gasteiger partial charge < -0.3 is 20.1 Å². The summed E-state index contributed by atoms with van der Waals surface area (Å²) in [5.74, 6) is 0.0491. The van der Waals surface area contributed by atoms with Crippen LogP contribution in [0.5, 0.6) is 5.75 Å². The number of hydrogen-bond donors (Lipinski definition) is 2. The minimum absolute atomic E-state index is 0.304. The number of benzene rings is 2. The highest BCUT2D eigenvalue weighted by Gasteiger charge is 2.20. The fourth-order valence-corrected chi connectivity index (χ4v) is 3.78. The van der Waals surface area contributed by atoms with Crippen LogP contribution < -0.4 is 15.4 Å². The van der Waals surface area contributed by atoms with Crippen molar-refractivity contribution in [3.63, 3.8) is 0 Å². The molecule has 28 heavy (non-hydrogen) atoms. The van der Waals surface area contributed by atoms with Crippen LogP contribution in [0, 0.1) is 6.92 Å². The molecule has 3 rings (SSSR count). The standard InChI is InChI=1S/C21H22N2O4S/c1-4-27-18-16-11-15(9-10-17(16)28-19(18)20(24)26-3)23-21(25)22-12-14-7-5-13(2)6-8-14/h5-11H,4,12H2,1-3H3,(H2,22,23,25). The van der Waals surface area contributed by atoms with Crippen LogP contribution in [0.15, 0.2) is 42.5 Å². The van der Waals surface area contributed by atoms with Gasteiger partial charge in [-0.3, -0.25) is 0 Å². The molecule has 146 valence electrons. The van der Waals surface area contributed by atoms with E-state index in [1.165, 1.54) is 24.0 Å². The highest BCUT2D eigenvalue weighted by atomic mass is 32.1. The first-order valence-corrected chi connectivity index (χ1v) is 9.71. The van der Waals surface area contributed by atoms with Crippen LogP contribution in [0.4, 0.5) is 10.5 Å². The Kier molecular flexibility index (Phi) is 6.16. The van der Waals surface area contributed by atoms with Gasteiger partial charge in [0, 0.05) is 22.3 Å². The SMILES string of the molecule is CCOc1c(C(=O)OC)sc2ccc(NC(=O)NCc3ccc(C)cc3)cc12. The van der Waals surface area contributed by atoms with Gasteiger partial charge in [0.05, 0.1) is 13.7 Å². The van der Waals surface area contributed by atoms with Gasteiger partial charge in [0.2, 0.25) is 0 Å². The number of carbonyl (C=O) groups excluding carboxylic acids is 2. The topological polar surface area (TPSA) is 76.7 Å². The number of ether oxygens (including phenoxy) is 2. The number of rotatable bonds is 6. The monoisotopic (exact) mass is 398 g/mol. The average molecular weight is 398 g/mol. The molecule has 0 aliphatic carbocycles. The Labute approximate surface area is 167 Å². The van der Waals surface area contributed by atoms with Crippen molar-refractivity contribution in [1.29, 1.82) is 0 Å². The maximum atomic E-state index is 12.2. The van der Waals surface area contributed by atoms with Gasteiger partial charge in [-0.05, 0) is 37.6 Å². The third-order valence-corrected chi connectivity index (χ3v) is 5.27. The van der Waals surface area contributed by atoms with Gasteiger partial charge in [-0.2, -0.15) is 0 Å². The second kappa shape index (κ2) is 8.75. The van der Waals surface area contributed by atoms with E-state index in [2.05, 4.69) is 10.6 Å². The molecule has 0 aliphatic heterocycles. The zero-order valence-electron chi connectivity index (χ0n) is 16.0. The molecule has 0 unspecified atom stereocenters. The molecule has 0 atom stereocenters. The first kappa shape index (κ1) is 19.7. The van der Waals surface area contributed by atoms with Gasteiger partial charge in [-0.25, -0.2) is 9.59 Å². The number of thiophene rings is 1. The molecule has 2 amide bonds. The number of fused-ring (bicyclic) bond motifs is 1. The van der Waals surface area contributed by atoms with Crippen molar-refractivity contribution in [2.75, 3.05) is 19.0 Å². The molecule has 0 fully saturated rings.